The molecule has 4 heteroatoms. The lowest BCUT2D eigenvalue weighted by Crippen LogP contribution is -2.35. The van der Waals surface area contributed by atoms with E-state index in [2.05, 4.69) is 12.2 Å². The summed E-state index contributed by atoms with van der Waals surface area (Å²) in [6.07, 6.45) is 1.97. The van der Waals surface area contributed by atoms with E-state index < -0.39 is 0 Å². The lowest BCUT2D eigenvalue weighted by atomic mass is 10.3. The molecule has 1 N–H and O–H groups in total. The number of esters is 1. The van der Waals surface area contributed by atoms with Crippen molar-refractivity contribution in [2.45, 2.75) is 32.7 Å². The molecule has 0 rings (SSSR count). The van der Waals surface area contributed by atoms with Gasteiger partial charge in [-0.1, -0.05) is 13.3 Å². The topological polar surface area (TPSA) is 47.6 Å². The van der Waals surface area contributed by atoms with Crippen LogP contribution in [0.4, 0.5) is 0 Å². The number of carbonyl (C=O) groups excluding carboxylic acids is 1. The lowest BCUT2D eigenvalue weighted by Gasteiger charge is -2.11. The molecule has 0 radical (unpaired) electrons. The third kappa shape index (κ3) is 8.01. The molecule has 0 bridgehead atoms. The zero-order chi connectivity index (χ0) is 10.8. The van der Waals surface area contributed by atoms with Crippen molar-refractivity contribution >= 4 is 5.97 Å². The summed E-state index contributed by atoms with van der Waals surface area (Å²) in [5.41, 5.74) is 0. The molecule has 0 aliphatic carbocycles. The number of hydrogen-bond acceptors (Lipinski definition) is 4. The van der Waals surface area contributed by atoms with Crippen molar-refractivity contribution in [3.05, 3.63) is 0 Å². The molecule has 0 saturated carbocycles. The van der Waals surface area contributed by atoms with Crippen molar-refractivity contribution in [3.8, 4) is 0 Å². The molecule has 1 atom stereocenters. The fraction of sp³-hybridized carbons (Fsp3) is 0.900. The van der Waals surface area contributed by atoms with Gasteiger partial charge in [0, 0.05) is 13.2 Å². The molecule has 0 aromatic rings. The van der Waals surface area contributed by atoms with Crippen LogP contribution in [0.2, 0.25) is 0 Å². The number of ether oxygens (including phenoxy) is 2. The van der Waals surface area contributed by atoms with Crippen LogP contribution in [0, 0.1) is 0 Å². The predicted molar refractivity (Wildman–Crippen MR) is 55.2 cm³/mol. The first kappa shape index (κ1) is 13.4. The number of carbonyl (C=O) groups is 1. The summed E-state index contributed by atoms with van der Waals surface area (Å²) in [6, 6.07) is 0.179. The molecular formula is C10H21NO3. The smallest absolute Gasteiger partial charge is 0.319 e. The molecule has 14 heavy (non-hydrogen) atoms. The molecular weight excluding hydrogens is 182 g/mol. The SMILES string of the molecule is CCCCOC(=O)CNC(C)COC. The highest BCUT2D eigenvalue weighted by molar-refractivity contribution is 5.71. The predicted octanol–water partition coefficient (Wildman–Crippen LogP) is 0.954. The molecule has 0 aromatic carbocycles. The summed E-state index contributed by atoms with van der Waals surface area (Å²) in [7, 11) is 1.64. The second-order valence-corrected chi connectivity index (χ2v) is 3.31. The zero-order valence-corrected chi connectivity index (χ0v) is 9.34. The van der Waals surface area contributed by atoms with E-state index in [1.165, 1.54) is 0 Å². The third-order valence-corrected chi connectivity index (χ3v) is 1.77. The third-order valence-electron chi connectivity index (χ3n) is 1.77. The van der Waals surface area contributed by atoms with Crippen molar-refractivity contribution in [1.82, 2.24) is 5.32 Å². The number of hydrogen-bond donors (Lipinski definition) is 1. The van der Waals surface area contributed by atoms with E-state index in [1.807, 2.05) is 6.92 Å². The Balaban J connectivity index is 3.34. The number of nitrogens with one attached hydrogen (secondary N) is 1. The highest BCUT2D eigenvalue weighted by Crippen LogP contribution is 1.89. The van der Waals surface area contributed by atoms with Crippen molar-refractivity contribution < 1.29 is 14.3 Å². The first-order chi connectivity index (χ1) is 6.70. The maximum absolute atomic E-state index is 11.1. The summed E-state index contributed by atoms with van der Waals surface area (Å²) in [6.45, 7) is 5.40. The first-order valence-corrected chi connectivity index (χ1v) is 5.08. The molecule has 0 amide bonds. The maximum Gasteiger partial charge on any atom is 0.319 e. The Hall–Kier alpha value is -0.610. The normalized spacial score (nSPS) is 12.5. The van der Waals surface area contributed by atoms with E-state index in [4.69, 9.17) is 9.47 Å². The van der Waals surface area contributed by atoms with Crippen LogP contribution in [0.25, 0.3) is 0 Å². The van der Waals surface area contributed by atoms with E-state index in [0.29, 0.717) is 13.2 Å². The van der Waals surface area contributed by atoms with Crippen LogP contribution in [0.15, 0.2) is 0 Å². The maximum atomic E-state index is 11.1. The van der Waals surface area contributed by atoms with Crippen LogP contribution in [0.1, 0.15) is 26.7 Å². The Morgan fingerprint density at radius 2 is 2.21 bits per heavy atom. The Morgan fingerprint density at radius 3 is 2.79 bits per heavy atom. The molecule has 0 spiro atoms. The fourth-order valence-corrected chi connectivity index (χ4v) is 0.948. The molecule has 0 heterocycles. The highest BCUT2D eigenvalue weighted by Gasteiger charge is 2.05. The van der Waals surface area contributed by atoms with Crippen LogP contribution in [-0.2, 0) is 14.3 Å². The quantitative estimate of drug-likeness (QED) is 0.471. The minimum Gasteiger partial charge on any atom is -0.465 e. The molecule has 0 fully saturated rings. The van der Waals surface area contributed by atoms with E-state index >= 15 is 0 Å². The van der Waals surface area contributed by atoms with Gasteiger partial charge < -0.3 is 14.8 Å². The molecule has 0 saturated heterocycles. The summed E-state index contributed by atoms with van der Waals surface area (Å²) >= 11 is 0. The fourth-order valence-electron chi connectivity index (χ4n) is 0.948. The van der Waals surface area contributed by atoms with Gasteiger partial charge in [0.1, 0.15) is 0 Å². The number of rotatable bonds is 8. The van der Waals surface area contributed by atoms with Gasteiger partial charge in [-0.2, -0.15) is 0 Å². The Morgan fingerprint density at radius 1 is 1.50 bits per heavy atom. The Kier molecular flexibility index (Phi) is 8.57. The van der Waals surface area contributed by atoms with E-state index in [1.54, 1.807) is 7.11 Å². The minimum atomic E-state index is -0.193. The van der Waals surface area contributed by atoms with Crippen LogP contribution in [-0.4, -0.2) is 38.9 Å². The standard InChI is InChI=1S/C10H21NO3/c1-4-5-6-14-10(12)7-11-9(2)8-13-3/h9,11H,4-8H2,1-3H3. The van der Waals surface area contributed by atoms with Gasteiger partial charge in [-0.25, -0.2) is 0 Å². The zero-order valence-electron chi connectivity index (χ0n) is 9.34. The molecule has 0 aromatic heterocycles. The van der Waals surface area contributed by atoms with Gasteiger partial charge in [-0.15, -0.1) is 0 Å². The molecule has 0 aliphatic rings. The highest BCUT2D eigenvalue weighted by atomic mass is 16.5. The van der Waals surface area contributed by atoms with Crippen LogP contribution in [0.3, 0.4) is 0 Å². The molecule has 4 nitrogen and oxygen atoms in total. The summed E-state index contributed by atoms with van der Waals surface area (Å²) < 4.78 is 9.89. The molecule has 1 unspecified atom stereocenters. The Bertz CT molecular complexity index is 150. The van der Waals surface area contributed by atoms with Gasteiger partial charge in [0.15, 0.2) is 0 Å². The van der Waals surface area contributed by atoms with Gasteiger partial charge in [-0.05, 0) is 13.3 Å². The monoisotopic (exact) mass is 203 g/mol. The van der Waals surface area contributed by atoms with Gasteiger partial charge >= 0.3 is 5.97 Å². The molecule has 0 aliphatic heterocycles. The minimum absolute atomic E-state index is 0.179. The average Bonchev–Trinajstić information content (AvgIpc) is 2.16. The van der Waals surface area contributed by atoms with Crippen molar-refractivity contribution in [2.75, 3.05) is 26.9 Å². The van der Waals surface area contributed by atoms with Crippen LogP contribution < -0.4 is 5.32 Å². The van der Waals surface area contributed by atoms with E-state index in [9.17, 15) is 4.79 Å². The molecule has 84 valence electrons. The second kappa shape index (κ2) is 8.97. The van der Waals surface area contributed by atoms with Gasteiger partial charge in [0.25, 0.3) is 0 Å². The van der Waals surface area contributed by atoms with Crippen molar-refractivity contribution in [3.63, 3.8) is 0 Å². The van der Waals surface area contributed by atoms with Crippen molar-refractivity contribution in [1.29, 1.82) is 0 Å². The van der Waals surface area contributed by atoms with Crippen LogP contribution in [0.5, 0.6) is 0 Å². The largest absolute Gasteiger partial charge is 0.465 e. The Labute approximate surface area is 86.0 Å². The lowest BCUT2D eigenvalue weighted by molar-refractivity contribution is -0.142. The van der Waals surface area contributed by atoms with Gasteiger partial charge in [0.05, 0.1) is 19.8 Å². The van der Waals surface area contributed by atoms with Gasteiger partial charge in [-0.3, -0.25) is 4.79 Å². The summed E-state index contributed by atoms with van der Waals surface area (Å²) in [5.74, 6) is -0.193. The second-order valence-electron chi connectivity index (χ2n) is 3.31. The van der Waals surface area contributed by atoms with E-state index in [0.717, 1.165) is 12.8 Å². The number of methoxy groups -OCH3 is 1. The first-order valence-electron chi connectivity index (χ1n) is 5.08. The average molecular weight is 203 g/mol. The summed E-state index contributed by atoms with van der Waals surface area (Å²) in [4.78, 5) is 11.1. The van der Waals surface area contributed by atoms with Gasteiger partial charge in [0.2, 0.25) is 0 Å². The van der Waals surface area contributed by atoms with Crippen LogP contribution >= 0.6 is 0 Å². The van der Waals surface area contributed by atoms with Crippen molar-refractivity contribution in [2.24, 2.45) is 0 Å². The van der Waals surface area contributed by atoms with E-state index in [-0.39, 0.29) is 18.6 Å². The summed E-state index contributed by atoms with van der Waals surface area (Å²) in [5, 5.41) is 3.01. The number of unbranched alkanes of at least 4 members (excludes halogenated alkanes) is 1.